The Hall–Kier alpha value is -1.35. The SMILES string of the molecule is CCOC=O.Clc1ccc(C2=NCCC2)cc1. The Kier molecular flexibility index (Phi) is 6.33. The van der Waals surface area contributed by atoms with E-state index in [2.05, 4.69) is 9.73 Å². The van der Waals surface area contributed by atoms with Gasteiger partial charge in [0, 0.05) is 17.3 Å². The molecule has 0 saturated carbocycles. The van der Waals surface area contributed by atoms with Gasteiger partial charge in [-0.05, 0) is 37.5 Å². The van der Waals surface area contributed by atoms with Crippen LogP contribution in [0.5, 0.6) is 0 Å². The van der Waals surface area contributed by atoms with Gasteiger partial charge in [0.1, 0.15) is 0 Å². The fraction of sp³-hybridized carbons (Fsp3) is 0.385. The molecule has 4 heteroatoms. The van der Waals surface area contributed by atoms with Gasteiger partial charge >= 0.3 is 0 Å². The predicted octanol–water partition coefficient (Wildman–Crippen LogP) is 3.10. The molecule has 1 aromatic carbocycles. The molecule has 0 aromatic heterocycles. The molecule has 17 heavy (non-hydrogen) atoms. The zero-order chi connectivity index (χ0) is 12.5. The van der Waals surface area contributed by atoms with Crippen molar-refractivity contribution in [1.82, 2.24) is 0 Å². The van der Waals surface area contributed by atoms with Crippen molar-refractivity contribution in [2.24, 2.45) is 4.99 Å². The van der Waals surface area contributed by atoms with Crippen molar-refractivity contribution < 1.29 is 9.53 Å². The topological polar surface area (TPSA) is 38.7 Å². The first-order valence-corrected chi connectivity index (χ1v) is 6.00. The van der Waals surface area contributed by atoms with Crippen LogP contribution in [0.2, 0.25) is 5.02 Å². The third kappa shape index (κ3) is 5.00. The summed E-state index contributed by atoms with van der Waals surface area (Å²) in [6.45, 7) is 3.65. The molecular formula is C13H16ClNO2. The zero-order valence-corrected chi connectivity index (χ0v) is 10.6. The highest BCUT2D eigenvalue weighted by Crippen LogP contribution is 2.15. The molecule has 0 radical (unpaired) electrons. The van der Waals surface area contributed by atoms with Gasteiger partial charge in [-0.1, -0.05) is 23.7 Å². The van der Waals surface area contributed by atoms with Gasteiger partial charge in [-0.25, -0.2) is 0 Å². The molecule has 0 bridgehead atoms. The van der Waals surface area contributed by atoms with E-state index in [1.165, 1.54) is 17.7 Å². The van der Waals surface area contributed by atoms with Crippen LogP contribution in [0.15, 0.2) is 29.3 Å². The summed E-state index contributed by atoms with van der Waals surface area (Å²) in [5.74, 6) is 0. The first-order chi connectivity index (χ1) is 8.27. The Morgan fingerprint density at radius 3 is 2.53 bits per heavy atom. The summed E-state index contributed by atoms with van der Waals surface area (Å²) in [7, 11) is 0. The maximum absolute atomic E-state index is 9.18. The first-order valence-electron chi connectivity index (χ1n) is 5.62. The van der Waals surface area contributed by atoms with Crippen LogP contribution in [0.4, 0.5) is 0 Å². The van der Waals surface area contributed by atoms with E-state index in [4.69, 9.17) is 11.6 Å². The fourth-order valence-corrected chi connectivity index (χ4v) is 1.61. The smallest absolute Gasteiger partial charge is 0.293 e. The van der Waals surface area contributed by atoms with Gasteiger partial charge in [-0.3, -0.25) is 9.79 Å². The summed E-state index contributed by atoms with van der Waals surface area (Å²) in [5.41, 5.74) is 2.45. The number of benzene rings is 1. The van der Waals surface area contributed by atoms with E-state index in [9.17, 15) is 4.79 Å². The predicted molar refractivity (Wildman–Crippen MR) is 69.8 cm³/mol. The fourth-order valence-electron chi connectivity index (χ4n) is 1.49. The van der Waals surface area contributed by atoms with Crippen molar-refractivity contribution >= 4 is 23.8 Å². The van der Waals surface area contributed by atoms with Crippen LogP contribution >= 0.6 is 11.6 Å². The van der Waals surface area contributed by atoms with E-state index in [-0.39, 0.29) is 0 Å². The average molecular weight is 254 g/mol. The molecule has 0 spiro atoms. The largest absolute Gasteiger partial charge is 0.468 e. The molecule has 0 aliphatic carbocycles. The highest BCUT2D eigenvalue weighted by atomic mass is 35.5. The lowest BCUT2D eigenvalue weighted by molar-refractivity contribution is -0.128. The molecular weight excluding hydrogens is 238 g/mol. The van der Waals surface area contributed by atoms with Gasteiger partial charge in [-0.2, -0.15) is 0 Å². The molecule has 1 aliphatic rings. The van der Waals surface area contributed by atoms with Gasteiger partial charge < -0.3 is 4.74 Å². The number of hydrogen-bond acceptors (Lipinski definition) is 3. The highest BCUT2D eigenvalue weighted by molar-refractivity contribution is 6.30. The third-order valence-corrected chi connectivity index (χ3v) is 2.54. The molecule has 0 saturated heterocycles. The summed E-state index contributed by atoms with van der Waals surface area (Å²) in [4.78, 5) is 13.6. The van der Waals surface area contributed by atoms with E-state index in [0.717, 1.165) is 18.0 Å². The van der Waals surface area contributed by atoms with Crippen molar-refractivity contribution in [3.8, 4) is 0 Å². The van der Waals surface area contributed by atoms with Crippen LogP contribution in [-0.2, 0) is 9.53 Å². The lowest BCUT2D eigenvalue weighted by Gasteiger charge is -1.98. The van der Waals surface area contributed by atoms with E-state index >= 15 is 0 Å². The molecule has 92 valence electrons. The minimum Gasteiger partial charge on any atom is -0.468 e. The van der Waals surface area contributed by atoms with Crippen molar-refractivity contribution in [3.63, 3.8) is 0 Å². The number of nitrogens with zero attached hydrogens (tertiary/aromatic N) is 1. The summed E-state index contributed by atoms with van der Waals surface area (Å²) < 4.78 is 4.15. The van der Waals surface area contributed by atoms with Crippen LogP contribution < -0.4 is 0 Å². The second kappa shape index (κ2) is 7.85. The Morgan fingerprint density at radius 1 is 1.41 bits per heavy atom. The Balaban J connectivity index is 0.000000249. The van der Waals surface area contributed by atoms with Crippen molar-refractivity contribution in [2.45, 2.75) is 19.8 Å². The lowest BCUT2D eigenvalue weighted by atomic mass is 10.1. The molecule has 1 aromatic rings. The number of hydrogen-bond donors (Lipinski definition) is 0. The lowest BCUT2D eigenvalue weighted by Crippen LogP contribution is -1.94. The highest BCUT2D eigenvalue weighted by Gasteiger charge is 2.07. The van der Waals surface area contributed by atoms with Crippen LogP contribution in [0.25, 0.3) is 0 Å². The summed E-state index contributed by atoms with van der Waals surface area (Å²) in [6, 6.07) is 7.90. The quantitative estimate of drug-likeness (QED) is 0.777. The van der Waals surface area contributed by atoms with Crippen molar-refractivity contribution in [2.75, 3.05) is 13.2 Å². The van der Waals surface area contributed by atoms with E-state index in [1.54, 1.807) is 6.92 Å². The summed E-state index contributed by atoms with van der Waals surface area (Å²) >= 11 is 5.78. The van der Waals surface area contributed by atoms with Gasteiger partial charge in [0.2, 0.25) is 0 Å². The number of rotatable bonds is 3. The van der Waals surface area contributed by atoms with Crippen LogP contribution in [0.3, 0.4) is 0 Å². The molecule has 0 N–H and O–H groups in total. The Bertz CT molecular complexity index is 374. The van der Waals surface area contributed by atoms with E-state index in [0.29, 0.717) is 13.1 Å². The number of ether oxygens (including phenoxy) is 1. The van der Waals surface area contributed by atoms with Crippen LogP contribution in [-0.4, -0.2) is 25.3 Å². The number of carbonyl (C=O) groups is 1. The minimum absolute atomic E-state index is 0.431. The van der Waals surface area contributed by atoms with E-state index < -0.39 is 0 Å². The molecule has 0 atom stereocenters. The monoisotopic (exact) mass is 253 g/mol. The molecule has 3 nitrogen and oxygen atoms in total. The number of aliphatic imine (C=N–C) groups is 1. The Morgan fingerprint density at radius 2 is 2.12 bits per heavy atom. The maximum atomic E-state index is 9.18. The average Bonchev–Trinajstić information content (AvgIpc) is 2.85. The standard InChI is InChI=1S/C10H10ClN.C3H6O2/c11-9-5-3-8(4-6-9)10-2-1-7-12-10;1-2-5-3-4/h3-6H,1-2,7H2;3H,2H2,1H3. The molecule has 1 heterocycles. The minimum atomic E-state index is 0.431. The van der Waals surface area contributed by atoms with Gasteiger partial charge in [0.15, 0.2) is 0 Å². The summed E-state index contributed by atoms with van der Waals surface area (Å²) in [6.07, 6.45) is 2.31. The first kappa shape index (κ1) is 13.7. The zero-order valence-electron chi connectivity index (χ0n) is 9.86. The molecule has 0 amide bonds. The van der Waals surface area contributed by atoms with Crippen molar-refractivity contribution in [1.29, 1.82) is 0 Å². The van der Waals surface area contributed by atoms with Gasteiger partial charge in [-0.15, -0.1) is 0 Å². The number of carbonyl (C=O) groups excluding carboxylic acids is 1. The molecule has 2 rings (SSSR count). The van der Waals surface area contributed by atoms with Crippen LogP contribution in [0, 0.1) is 0 Å². The van der Waals surface area contributed by atoms with Crippen LogP contribution in [0.1, 0.15) is 25.3 Å². The third-order valence-electron chi connectivity index (χ3n) is 2.29. The second-order valence-corrected chi connectivity index (χ2v) is 3.93. The molecule has 1 aliphatic heterocycles. The Labute approximate surface area is 106 Å². The van der Waals surface area contributed by atoms with E-state index in [1.807, 2.05) is 24.3 Å². The second-order valence-electron chi connectivity index (χ2n) is 3.49. The molecule has 0 fully saturated rings. The van der Waals surface area contributed by atoms with Crippen molar-refractivity contribution in [3.05, 3.63) is 34.9 Å². The normalized spacial score (nSPS) is 13.4. The molecule has 0 unspecified atom stereocenters. The van der Waals surface area contributed by atoms with Gasteiger partial charge in [0.25, 0.3) is 6.47 Å². The summed E-state index contributed by atoms with van der Waals surface area (Å²) in [5, 5.41) is 0.789. The van der Waals surface area contributed by atoms with Gasteiger partial charge in [0.05, 0.1) is 6.61 Å². The number of halogens is 1. The maximum Gasteiger partial charge on any atom is 0.293 e.